The Morgan fingerprint density at radius 1 is 1.65 bits per heavy atom. The Kier molecular flexibility index (Phi) is 3.86. The Balaban J connectivity index is 1.86. The minimum atomic E-state index is -0.0817. The number of carbonyl (C=O) groups is 2. The number of carbonyl (C=O) groups excluding carboxylic acids is 2. The fourth-order valence-electron chi connectivity index (χ4n) is 1.81. The van der Waals surface area contributed by atoms with Gasteiger partial charge in [0.25, 0.3) is 0 Å². The number of thiazole rings is 1. The van der Waals surface area contributed by atoms with Crippen molar-refractivity contribution < 1.29 is 9.59 Å². The molecular weight excluding hydrogens is 238 g/mol. The summed E-state index contributed by atoms with van der Waals surface area (Å²) in [5, 5.41) is 8.12. The Morgan fingerprint density at radius 2 is 2.47 bits per heavy atom. The van der Waals surface area contributed by atoms with Gasteiger partial charge in [0.2, 0.25) is 5.91 Å². The standard InChI is InChI=1S/C11H15N3O2S/c1-7(15)9-6-17-11(13-9)14-10(16)4-8-2-3-12-5-8/h6,8,12H,2-5H2,1H3,(H,13,14,16). The van der Waals surface area contributed by atoms with Crippen LogP contribution in [0.1, 0.15) is 30.3 Å². The van der Waals surface area contributed by atoms with E-state index >= 15 is 0 Å². The van der Waals surface area contributed by atoms with Gasteiger partial charge in [-0.1, -0.05) is 0 Å². The summed E-state index contributed by atoms with van der Waals surface area (Å²) in [6.45, 7) is 3.36. The second-order valence-corrected chi connectivity index (χ2v) is 5.06. The fraction of sp³-hybridized carbons (Fsp3) is 0.545. The second-order valence-electron chi connectivity index (χ2n) is 4.21. The fourth-order valence-corrected chi connectivity index (χ4v) is 2.58. The summed E-state index contributed by atoms with van der Waals surface area (Å²) in [7, 11) is 0. The predicted molar refractivity (Wildman–Crippen MR) is 66.3 cm³/mol. The first-order valence-corrected chi connectivity index (χ1v) is 6.50. The van der Waals surface area contributed by atoms with Crippen molar-refractivity contribution in [2.24, 2.45) is 5.92 Å². The van der Waals surface area contributed by atoms with Gasteiger partial charge in [-0.15, -0.1) is 11.3 Å². The first kappa shape index (κ1) is 12.2. The van der Waals surface area contributed by atoms with Crippen LogP contribution in [0, 0.1) is 5.92 Å². The van der Waals surface area contributed by atoms with Crippen molar-refractivity contribution in [3.63, 3.8) is 0 Å². The highest BCUT2D eigenvalue weighted by molar-refractivity contribution is 7.14. The summed E-state index contributed by atoms with van der Waals surface area (Å²) in [5.74, 6) is 0.312. The summed E-state index contributed by atoms with van der Waals surface area (Å²) in [5.41, 5.74) is 0.410. The number of ketones is 1. The zero-order valence-corrected chi connectivity index (χ0v) is 10.5. The van der Waals surface area contributed by atoms with Crippen molar-refractivity contribution in [2.75, 3.05) is 18.4 Å². The van der Waals surface area contributed by atoms with Crippen LogP contribution in [0.3, 0.4) is 0 Å². The molecule has 0 aliphatic carbocycles. The summed E-state index contributed by atoms with van der Waals surface area (Å²) >= 11 is 1.28. The number of hydrogen-bond donors (Lipinski definition) is 2. The van der Waals surface area contributed by atoms with Crippen LogP contribution in [0.5, 0.6) is 0 Å². The highest BCUT2D eigenvalue weighted by atomic mass is 32.1. The van der Waals surface area contributed by atoms with E-state index in [4.69, 9.17) is 0 Å². The number of nitrogens with zero attached hydrogens (tertiary/aromatic N) is 1. The lowest BCUT2D eigenvalue weighted by atomic mass is 10.1. The van der Waals surface area contributed by atoms with Crippen molar-refractivity contribution in [1.29, 1.82) is 0 Å². The molecule has 0 spiro atoms. The van der Waals surface area contributed by atoms with E-state index < -0.39 is 0 Å². The summed E-state index contributed by atoms with van der Waals surface area (Å²) in [6, 6.07) is 0. The molecule has 1 fully saturated rings. The Morgan fingerprint density at radius 3 is 3.06 bits per heavy atom. The molecule has 0 bridgehead atoms. The SMILES string of the molecule is CC(=O)c1csc(NC(=O)CC2CCNC2)n1. The first-order chi connectivity index (χ1) is 8.15. The van der Waals surface area contributed by atoms with Crippen LogP contribution in [0.15, 0.2) is 5.38 Å². The number of rotatable bonds is 4. The van der Waals surface area contributed by atoms with Crippen LogP contribution in [0.25, 0.3) is 0 Å². The third-order valence-electron chi connectivity index (χ3n) is 2.75. The number of hydrogen-bond acceptors (Lipinski definition) is 5. The zero-order valence-electron chi connectivity index (χ0n) is 9.66. The maximum atomic E-state index is 11.7. The van der Waals surface area contributed by atoms with E-state index in [9.17, 15) is 9.59 Å². The summed E-state index contributed by atoms with van der Waals surface area (Å²) < 4.78 is 0. The third-order valence-corrected chi connectivity index (χ3v) is 3.51. The van der Waals surface area contributed by atoms with E-state index in [-0.39, 0.29) is 11.7 Å². The maximum Gasteiger partial charge on any atom is 0.226 e. The Labute approximate surface area is 104 Å². The lowest BCUT2D eigenvalue weighted by molar-refractivity contribution is -0.116. The van der Waals surface area contributed by atoms with Gasteiger partial charge in [-0.3, -0.25) is 9.59 Å². The highest BCUT2D eigenvalue weighted by Crippen LogP contribution is 2.18. The van der Waals surface area contributed by atoms with Crippen molar-refractivity contribution in [1.82, 2.24) is 10.3 Å². The van der Waals surface area contributed by atoms with E-state index in [1.807, 2.05) is 0 Å². The quantitative estimate of drug-likeness (QED) is 0.793. The summed E-state index contributed by atoms with van der Waals surface area (Å²) in [4.78, 5) is 26.8. The van der Waals surface area contributed by atoms with E-state index in [1.165, 1.54) is 18.3 Å². The third kappa shape index (κ3) is 3.34. The maximum absolute atomic E-state index is 11.7. The Bertz CT molecular complexity index is 424. The van der Waals surface area contributed by atoms with Crippen molar-refractivity contribution in [3.8, 4) is 0 Å². The number of nitrogens with one attached hydrogen (secondary N) is 2. The van der Waals surface area contributed by atoms with Gasteiger partial charge in [-0.05, 0) is 25.4 Å². The molecular formula is C11H15N3O2S. The molecule has 0 aromatic carbocycles. The van der Waals surface area contributed by atoms with Gasteiger partial charge < -0.3 is 10.6 Å². The molecule has 5 nitrogen and oxygen atoms in total. The minimum absolute atomic E-state index is 0.0249. The normalized spacial score (nSPS) is 19.2. The molecule has 1 aliphatic rings. The molecule has 2 heterocycles. The Hall–Kier alpha value is -1.27. The first-order valence-electron chi connectivity index (χ1n) is 5.62. The monoisotopic (exact) mass is 253 g/mol. The molecule has 2 rings (SSSR count). The predicted octanol–water partition coefficient (Wildman–Crippen LogP) is 1.28. The van der Waals surface area contributed by atoms with Gasteiger partial charge in [0, 0.05) is 18.7 Å². The number of Topliss-reactive ketones (excluding diaryl/α,β-unsaturated/α-hetero) is 1. The van der Waals surface area contributed by atoms with Crippen LogP contribution < -0.4 is 10.6 Å². The largest absolute Gasteiger partial charge is 0.316 e. The molecule has 1 amide bonds. The second kappa shape index (κ2) is 5.37. The minimum Gasteiger partial charge on any atom is -0.316 e. The average molecular weight is 253 g/mol. The van der Waals surface area contributed by atoms with Crippen LogP contribution >= 0.6 is 11.3 Å². The van der Waals surface area contributed by atoms with Crippen LogP contribution in [-0.2, 0) is 4.79 Å². The zero-order chi connectivity index (χ0) is 12.3. The van der Waals surface area contributed by atoms with E-state index in [0.717, 1.165) is 19.5 Å². The van der Waals surface area contributed by atoms with Crippen LogP contribution in [0.2, 0.25) is 0 Å². The smallest absolute Gasteiger partial charge is 0.226 e. The lowest BCUT2D eigenvalue weighted by Crippen LogP contribution is -2.18. The van der Waals surface area contributed by atoms with Gasteiger partial charge in [-0.25, -0.2) is 4.98 Å². The molecule has 17 heavy (non-hydrogen) atoms. The van der Waals surface area contributed by atoms with Gasteiger partial charge in [0.15, 0.2) is 10.9 Å². The highest BCUT2D eigenvalue weighted by Gasteiger charge is 2.18. The van der Waals surface area contributed by atoms with Crippen molar-refractivity contribution in [2.45, 2.75) is 19.8 Å². The van der Waals surface area contributed by atoms with Crippen molar-refractivity contribution in [3.05, 3.63) is 11.1 Å². The lowest BCUT2D eigenvalue weighted by Gasteiger charge is -2.06. The average Bonchev–Trinajstić information content (AvgIpc) is 2.88. The molecule has 1 aliphatic heterocycles. The molecule has 6 heteroatoms. The molecule has 1 aromatic heterocycles. The molecule has 1 atom stereocenters. The van der Waals surface area contributed by atoms with Crippen LogP contribution in [-0.4, -0.2) is 29.8 Å². The number of aromatic nitrogens is 1. The van der Waals surface area contributed by atoms with Gasteiger partial charge in [-0.2, -0.15) is 0 Å². The topological polar surface area (TPSA) is 71.1 Å². The molecule has 0 radical (unpaired) electrons. The molecule has 1 unspecified atom stereocenters. The molecule has 0 saturated carbocycles. The van der Waals surface area contributed by atoms with E-state index in [1.54, 1.807) is 5.38 Å². The molecule has 1 saturated heterocycles. The number of amides is 1. The van der Waals surface area contributed by atoms with Crippen molar-refractivity contribution >= 4 is 28.2 Å². The molecule has 1 aromatic rings. The van der Waals surface area contributed by atoms with Gasteiger partial charge in [0.05, 0.1) is 0 Å². The molecule has 92 valence electrons. The van der Waals surface area contributed by atoms with Gasteiger partial charge >= 0.3 is 0 Å². The van der Waals surface area contributed by atoms with Gasteiger partial charge in [0.1, 0.15) is 5.69 Å². The number of anilines is 1. The van der Waals surface area contributed by atoms with E-state index in [0.29, 0.717) is 23.2 Å². The van der Waals surface area contributed by atoms with Crippen LogP contribution in [0.4, 0.5) is 5.13 Å². The molecule has 2 N–H and O–H groups in total. The summed E-state index contributed by atoms with van der Waals surface area (Å²) in [6.07, 6.45) is 1.56. The van der Waals surface area contributed by atoms with E-state index in [2.05, 4.69) is 15.6 Å².